The van der Waals surface area contributed by atoms with Crippen LogP contribution in [0, 0.1) is 6.92 Å². The molecule has 4 heterocycles. The van der Waals surface area contributed by atoms with E-state index in [0.29, 0.717) is 55.8 Å². The van der Waals surface area contributed by atoms with Gasteiger partial charge in [0, 0.05) is 49.4 Å². The van der Waals surface area contributed by atoms with Crippen molar-refractivity contribution in [2.45, 2.75) is 71.9 Å². The number of nitrogens with zero attached hydrogens (tertiary/aromatic N) is 6. The van der Waals surface area contributed by atoms with Crippen molar-refractivity contribution in [2.24, 2.45) is 0 Å². The summed E-state index contributed by atoms with van der Waals surface area (Å²) >= 11 is 0. The number of piperazine rings is 1. The first-order valence-corrected chi connectivity index (χ1v) is 14.8. The van der Waals surface area contributed by atoms with Gasteiger partial charge in [0.15, 0.2) is 0 Å². The van der Waals surface area contributed by atoms with Crippen LogP contribution < -0.4 is 15.8 Å². The van der Waals surface area contributed by atoms with Crippen LogP contribution in [0.15, 0.2) is 35.6 Å². The monoisotopic (exact) mass is 575 g/mol. The Morgan fingerprint density at radius 2 is 1.83 bits per heavy atom. The molecule has 42 heavy (non-hydrogen) atoms. The Hall–Kier alpha value is -4.15. The third-order valence-corrected chi connectivity index (χ3v) is 7.73. The summed E-state index contributed by atoms with van der Waals surface area (Å²) in [6.45, 7) is 12.6. The quantitative estimate of drug-likeness (QED) is 0.369. The Morgan fingerprint density at radius 1 is 1.10 bits per heavy atom. The molecule has 11 nitrogen and oxygen atoms in total. The minimum absolute atomic E-state index is 0.0539. The van der Waals surface area contributed by atoms with Crippen molar-refractivity contribution < 1.29 is 14.3 Å². The normalized spacial score (nSPS) is 16.4. The molecule has 1 saturated heterocycles. The predicted molar refractivity (Wildman–Crippen MR) is 164 cm³/mol. The van der Waals surface area contributed by atoms with E-state index in [1.54, 1.807) is 23.4 Å². The lowest BCUT2D eigenvalue weighted by Crippen LogP contribution is -2.50. The Kier molecular flexibility index (Phi) is 8.65. The van der Waals surface area contributed by atoms with Gasteiger partial charge >= 0.3 is 6.09 Å². The van der Waals surface area contributed by atoms with Gasteiger partial charge in [-0.05, 0) is 71.2 Å². The maximum atomic E-state index is 13.7. The number of ether oxygens (including phenoxy) is 2. The van der Waals surface area contributed by atoms with Gasteiger partial charge in [-0.3, -0.25) is 9.36 Å². The van der Waals surface area contributed by atoms with Gasteiger partial charge in [0.25, 0.3) is 5.56 Å². The average Bonchev–Trinajstić information content (AvgIpc) is 3.49. The first-order valence-electron chi connectivity index (χ1n) is 14.8. The van der Waals surface area contributed by atoms with Crippen molar-refractivity contribution in [3.63, 3.8) is 0 Å². The van der Waals surface area contributed by atoms with Crippen LogP contribution in [0.5, 0.6) is 0 Å². The van der Waals surface area contributed by atoms with Crippen molar-refractivity contribution in [2.75, 3.05) is 43.0 Å². The van der Waals surface area contributed by atoms with Crippen molar-refractivity contribution in [1.82, 2.24) is 24.4 Å². The minimum atomic E-state index is -0.507. The van der Waals surface area contributed by atoms with Crippen LogP contribution in [-0.4, -0.2) is 68.9 Å². The van der Waals surface area contributed by atoms with Gasteiger partial charge in [0.05, 0.1) is 24.8 Å². The van der Waals surface area contributed by atoms with Gasteiger partial charge in [-0.25, -0.2) is 14.8 Å². The molecule has 0 aromatic carbocycles. The zero-order valence-corrected chi connectivity index (χ0v) is 25.2. The van der Waals surface area contributed by atoms with Crippen LogP contribution in [0.25, 0.3) is 17.1 Å². The highest BCUT2D eigenvalue weighted by atomic mass is 16.6. The Morgan fingerprint density at radius 3 is 2.48 bits per heavy atom. The molecule has 1 saturated carbocycles. The van der Waals surface area contributed by atoms with Crippen LogP contribution >= 0.6 is 0 Å². The molecule has 1 aliphatic carbocycles. The van der Waals surface area contributed by atoms with Crippen LogP contribution in [0.1, 0.15) is 70.5 Å². The third kappa shape index (κ3) is 6.50. The topological polar surface area (TPSA) is 115 Å². The molecule has 2 fully saturated rings. The summed E-state index contributed by atoms with van der Waals surface area (Å²) in [5.74, 6) is 0.991. The lowest BCUT2D eigenvalue weighted by molar-refractivity contribution is 0.0240. The first kappa shape index (κ1) is 29.3. The van der Waals surface area contributed by atoms with E-state index in [0.717, 1.165) is 42.3 Å². The third-order valence-electron chi connectivity index (χ3n) is 7.73. The second kappa shape index (κ2) is 12.4. The Labute approximate surface area is 246 Å². The highest BCUT2D eigenvalue weighted by Gasteiger charge is 2.27. The van der Waals surface area contributed by atoms with Gasteiger partial charge in [0.1, 0.15) is 17.1 Å². The maximum absolute atomic E-state index is 13.7. The number of carbonyl (C=O) groups excluding carboxylic acids is 1. The number of aryl methyl sites for hydroxylation is 1. The van der Waals surface area contributed by atoms with Gasteiger partial charge in [-0.2, -0.15) is 4.98 Å². The lowest BCUT2D eigenvalue weighted by atomic mass is 10.1. The molecule has 0 atom stereocenters. The summed E-state index contributed by atoms with van der Waals surface area (Å²) < 4.78 is 12.7. The number of anilines is 3. The zero-order chi connectivity index (χ0) is 29.9. The Bertz CT molecular complexity index is 1500. The number of nitrogens with one attached hydrogen (secondary N) is 1. The SMILES string of the molecule is CCO/C=C/c1c(C)c2cnc(Nc3ccc(N4CCN(C(=O)OC(C)(C)C)CC4)cn3)nc2n(C2CCCC2)c1=O. The molecule has 0 radical (unpaired) electrons. The number of hydrogen-bond donors (Lipinski definition) is 1. The molecule has 0 spiro atoms. The van der Waals surface area contributed by atoms with E-state index < -0.39 is 5.60 Å². The molecule has 1 N–H and O–H groups in total. The summed E-state index contributed by atoms with van der Waals surface area (Å²) in [6, 6.07) is 3.99. The number of pyridine rings is 2. The van der Waals surface area contributed by atoms with Crippen molar-refractivity contribution in [3.8, 4) is 0 Å². The fourth-order valence-electron chi connectivity index (χ4n) is 5.56. The van der Waals surface area contributed by atoms with E-state index in [1.807, 2.05) is 57.5 Å². The van der Waals surface area contributed by atoms with Crippen molar-refractivity contribution >= 4 is 40.7 Å². The molecule has 5 rings (SSSR count). The van der Waals surface area contributed by atoms with Crippen LogP contribution in [0.4, 0.5) is 22.2 Å². The smallest absolute Gasteiger partial charge is 0.410 e. The van der Waals surface area contributed by atoms with Crippen LogP contribution in [0.2, 0.25) is 0 Å². The molecule has 3 aromatic rings. The number of aromatic nitrogens is 4. The van der Waals surface area contributed by atoms with Crippen LogP contribution in [-0.2, 0) is 9.47 Å². The fraction of sp³-hybridized carbons (Fsp3) is 0.516. The summed E-state index contributed by atoms with van der Waals surface area (Å²) in [5, 5.41) is 4.06. The van der Waals surface area contributed by atoms with Crippen molar-refractivity contribution in [3.05, 3.63) is 52.3 Å². The highest BCUT2D eigenvalue weighted by Crippen LogP contribution is 2.32. The summed E-state index contributed by atoms with van der Waals surface area (Å²) in [6.07, 6.45) is 10.7. The lowest BCUT2D eigenvalue weighted by Gasteiger charge is -2.36. The molecule has 1 aliphatic heterocycles. The maximum Gasteiger partial charge on any atom is 0.410 e. The molecule has 2 aliphatic rings. The van der Waals surface area contributed by atoms with Gasteiger partial charge in [0.2, 0.25) is 5.95 Å². The predicted octanol–water partition coefficient (Wildman–Crippen LogP) is 5.42. The molecule has 224 valence electrons. The molecule has 0 unspecified atom stereocenters. The highest BCUT2D eigenvalue weighted by molar-refractivity contribution is 5.83. The number of fused-ring (bicyclic) bond motifs is 1. The van der Waals surface area contributed by atoms with E-state index in [9.17, 15) is 9.59 Å². The summed E-state index contributed by atoms with van der Waals surface area (Å²) in [5.41, 5.74) is 2.49. The summed E-state index contributed by atoms with van der Waals surface area (Å²) in [7, 11) is 0. The van der Waals surface area contributed by atoms with E-state index in [1.165, 1.54) is 0 Å². The fourth-order valence-corrected chi connectivity index (χ4v) is 5.56. The second-order valence-electron chi connectivity index (χ2n) is 11.8. The molecule has 11 heteroatoms. The van der Waals surface area contributed by atoms with Gasteiger partial charge in [-0.1, -0.05) is 12.8 Å². The van der Waals surface area contributed by atoms with E-state index >= 15 is 0 Å². The van der Waals surface area contributed by atoms with Crippen LogP contribution in [0.3, 0.4) is 0 Å². The number of rotatable bonds is 7. The number of hydrogen-bond acceptors (Lipinski definition) is 9. The largest absolute Gasteiger partial charge is 0.501 e. The molecule has 3 aromatic heterocycles. The van der Waals surface area contributed by atoms with Gasteiger partial charge < -0.3 is 24.6 Å². The van der Waals surface area contributed by atoms with Crippen molar-refractivity contribution in [1.29, 1.82) is 0 Å². The number of carbonyl (C=O) groups is 1. The zero-order valence-electron chi connectivity index (χ0n) is 25.2. The van der Waals surface area contributed by atoms with E-state index in [2.05, 4.69) is 20.2 Å². The Balaban J connectivity index is 1.33. The van der Waals surface area contributed by atoms with E-state index in [-0.39, 0.29) is 17.7 Å². The number of amides is 1. The van der Waals surface area contributed by atoms with E-state index in [4.69, 9.17) is 14.5 Å². The molecule has 1 amide bonds. The first-order chi connectivity index (χ1) is 20.1. The molecular formula is C31H41N7O4. The minimum Gasteiger partial charge on any atom is -0.501 e. The molecular weight excluding hydrogens is 534 g/mol. The second-order valence-corrected chi connectivity index (χ2v) is 11.8. The standard InChI is InChI=1S/C31H41N7O4/c1-6-41-18-13-24-21(2)25-20-33-29(35-27(25)38(28(24)39)22-9-7-8-10-22)34-26-12-11-23(19-32-26)36-14-16-37(17-15-36)30(40)42-31(3,4)5/h11-13,18-20,22H,6-10,14-17H2,1-5H3,(H,32,33,34,35)/b18-13+. The van der Waals surface area contributed by atoms with Gasteiger partial charge in [-0.15, -0.1) is 0 Å². The summed E-state index contributed by atoms with van der Waals surface area (Å²) in [4.78, 5) is 44.0. The molecule has 0 bridgehead atoms. The average molecular weight is 576 g/mol.